The van der Waals surface area contributed by atoms with Crippen LogP contribution in [0.15, 0.2) is 18.5 Å². The summed E-state index contributed by atoms with van der Waals surface area (Å²) in [5, 5.41) is 6.33. The first-order chi connectivity index (χ1) is 10.2. The topological polar surface area (TPSA) is 66.9 Å². The Balaban J connectivity index is 1.45. The molecular formula is C14H15FN4OS. The number of pyridine rings is 1. The highest BCUT2D eigenvalue weighted by Crippen LogP contribution is 2.27. The van der Waals surface area contributed by atoms with Gasteiger partial charge in [0.1, 0.15) is 5.82 Å². The zero-order valence-corrected chi connectivity index (χ0v) is 12.2. The van der Waals surface area contributed by atoms with Gasteiger partial charge in [-0.3, -0.25) is 4.98 Å². The number of aryl methyl sites for hydroxylation is 2. The summed E-state index contributed by atoms with van der Waals surface area (Å²) >= 11 is 1.74. The zero-order valence-electron chi connectivity index (χ0n) is 11.4. The largest absolute Gasteiger partial charge is 0.337 e. The monoisotopic (exact) mass is 306 g/mol. The lowest BCUT2D eigenvalue weighted by molar-refractivity contribution is 0.252. The molecule has 0 bridgehead atoms. The number of aromatic nitrogens is 2. The lowest BCUT2D eigenvalue weighted by atomic mass is 10.3. The maximum absolute atomic E-state index is 12.9. The second kappa shape index (κ2) is 6.17. The van der Waals surface area contributed by atoms with Crippen LogP contribution >= 0.6 is 11.3 Å². The van der Waals surface area contributed by atoms with E-state index in [1.807, 2.05) is 0 Å². The van der Waals surface area contributed by atoms with Gasteiger partial charge in [-0.25, -0.2) is 14.2 Å². The Morgan fingerprint density at radius 3 is 3.10 bits per heavy atom. The Morgan fingerprint density at radius 1 is 1.38 bits per heavy atom. The molecule has 0 aliphatic heterocycles. The highest BCUT2D eigenvalue weighted by Gasteiger charge is 2.16. The van der Waals surface area contributed by atoms with E-state index < -0.39 is 5.82 Å². The van der Waals surface area contributed by atoms with Crippen molar-refractivity contribution in [1.29, 1.82) is 0 Å². The first-order valence-electron chi connectivity index (χ1n) is 6.83. The molecule has 0 saturated carbocycles. The molecule has 110 valence electrons. The van der Waals surface area contributed by atoms with Crippen molar-refractivity contribution in [3.8, 4) is 0 Å². The summed E-state index contributed by atoms with van der Waals surface area (Å²) in [4.78, 5) is 21.3. The summed E-state index contributed by atoms with van der Waals surface area (Å²) in [6.45, 7) is 0.501. The number of anilines is 1. The number of carbonyl (C=O) groups excluding carboxylic acids is 1. The molecule has 0 spiro atoms. The van der Waals surface area contributed by atoms with Crippen LogP contribution in [0.1, 0.15) is 22.0 Å². The minimum Gasteiger partial charge on any atom is -0.337 e. The fourth-order valence-electron chi connectivity index (χ4n) is 2.29. The predicted molar refractivity (Wildman–Crippen MR) is 79.1 cm³/mol. The third kappa shape index (κ3) is 3.55. The smallest absolute Gasteiger partial charge is 0.319 e. The highest BCUT2D eigenvalue weighted by molar-refractivity contribution is 7.11. The van der Waals surface area contributed by atoms with Gasteiger partial charge in [-0.05, 0) is 19.3 Å². The van der Waals surface area contributed by atoms with Crippen LogP contribution in [0.4, 0.5) is 14.9 Å². The molecule has 2 aromatic heterocycles. The van der Waals surface area contributed by atoms with Crippen LogP contribution in [0.5, 0.6) is 0 Å². The number of rotatable bonds is 4. The zero-order chi connectivity index (χ0) is 14.7. The number of thiazole rings is 1. The second-order valence-electron chi connectivity index (χ2n) is 4.85. The van der Waals surface area contributed by atoms with Gasteiger partial charge < -0.3 is 10.6 Å². The first kappa shape index (κ1) is 13.9. The summed E-state index contributed by atoms with van der Waals surface area (Å²) in [6, 6.07) is 0.851. The molecule has 0 unspecified atom stereocenters. The molecule has 7 heteroatoms. The van der Waals surface area contributed by atoms with Gasteiger partial charge in [0.2, 0.25) is 0 Å². The van der Waals surface area contributed by atoms with Gasteiger partial charge in [0.05, 0.1) is 28.8 Å². The van der Waals surface area contributed by atoms with Gasteiger partial charge in [0.25, 0.3) is 0 Å². The number of carbonyl (C=O) groups is 1. The molecule has 5 nitrogen and oxygen atoms in total. The standard InChI is InChI=1S/C14H15FN4OS/c15-9-6-10(8-16-7-9)18-14(20)17-5-4-13-19-11-2-1-3-12(11)21-13/h6-8H,1-5H2,(H2,17,18,20). The Labute approximate surface area is 125 Å². The van der Waals surface area contributed by atoms with E-state index in [1.165, 1.54) is 29.3 Å². The molecule has 0 fully saturated rings. The quantitative estimate of drug-likeness (QED) is 0.912. The van der Waals surface area contributed by atoms with E-state index >= 15 is 0 Å². The number of halogens is 1. The van der Waals surface area contributed by atoms with Gasteiger partial charge in [-0.15, -0.1) is 11.3 Å². The summed E-state index contributed by atoms with van der Waals surface area (Å²) in [6.07, 6.45) is 6.61. The fourth-order valence-corrected chi connectivity index (χ4v) is 3.45. The van der Waals surface area contributed by atoms with Crippen LogP contribution in [0, 0.1) is 5.82 Å². The van der Waals surface area contributed by atoms with E-state index in [0.717, 1.165) is 24.0 Å². The molecule has 3 rings (SSSR count). The maximum atomic E-state index is 12.9. The van der Waals surface area contributed by atoms with E-state index in [2.05, 4.69) is 20.6 Å². The normalized spacial score (nSPS) is 13.0. The summed E-state index contributed by atoms with van der Waals surface area (Å²) in [5.41, 5.74) is 1.56. The van der Waals surface area contributed by atoms with Crippen LogP contribution in [0.25, 0.3) is 0 Å². The van der Waals surface area contributed by atoms with Gasteiger partial charge in [-0.1, -0.05) is 0 Å². The van der Waals surface area contributed by atoms with Crippen molar-refractivity contribution in [2.75, 3.05) is 11.9 Å². The molecule has 0 saturated heterocycles. The number of urea groups is 1. The van der Waals surface area contributed by atoms with Crippen LogP contribution in [0.3, 0.4) is 0 Å². The number of nitrogens with zero attached hydrogens (tertiary/aromatic N) is 2. The molecule has 2 N–H and O–H groups in total. The highest BCUT2D eigenvalue weighted by atomic mass is 32.1. The third-order valence-electron chi connectivity index (χ3n) is 3.23. The van der Waals surface area contributed by atoms with Gasteiger partial charge >= 0.3 is 6.03 Å². The number of hydrogen-bond acceptors (Lipinski definition) is 4. The lowest BCUT2D eigenvalue weighted by Gasteiger charge is -2.06. The van der Waals surface area contributed by atoms with Crippen LogP contribution in [0.2, 0.25) is 0 Å². The van der Waals surface area contributed by atoms with E-state index in [-0.39, 0.29) is 6.03 Å². The number of hydrogen-bond donors (Lipinski definition) is 2. The molecule has 1 aliphatic rings. The third-order valence-corrected chi connectivity index (χ3v) is 4.44. The molecule has 2 aromatic rings. The van der Waals surface area contributed by atoms with E-state index in [1.54, 1.807) is 11.3 Å². The lowest BCUT2D eigenvalue weighted by Crippen LogP contribution is -2.30. The van der Waals surface area contributed by atoms with Crippen molar-refractivity contribution in [3.63, 3.8) is 0 Å². The van der Waals surface area contributed by atoms with Crippen molar-refractivity contribution < 1.29 is 9.18 Å². The molecule has 0 atom stereocenters. The van der Waals surface area contributed by atoms with E-state index in [9.17, 15) is 9.18 Å². The average molecular weight is 306 g/mol. The van der Waals surface area contributed by atoms with Crippen molar-refractivity contribution in [1.82, 2.24) is 15.3 Å². The Kier molecular flexibility index (Phi) is 4.10. The predicted octanol–water partition coefficient (Wildman–Crippen LogP) is 2.53. The molecule has 2 amide bonds. The van der Waals surface area contributed by atoms with Crippen LogP contribution in [-0.4, -0.2) is 22.5 Å². The molecule has 1 aliphatic carbocycles. The van der Waals surface area contributed by atoms with Gasteiger partial charge in [0, 0.05) is 23.9 Å². The van der Waals surface area contributed by atoms with Crippen molar-refractivity contribution >= 4 is 23.1 Å². The van der Waals surface area contributed by atoms with E-state index in [0.29, 0.717) is 18.7 Å². The number of nitrogens with one attached hydrogen (secondary N) is 2. The van der Waals surface area contributed by atoms with Crippen molar-refractivity contribution in [3.05, 3.63) is 39.9 Å². The SMILES string of the molecule is O=C(NCCc1nc2c(s1)CCC2)Nc1cncc(F)c1. The molecule has 2 heterocycles. The Bertz CT molecular complexity index is 637. The second-order valence-corrected chi connectivity index (χ2v) is 6.02. The maximum Gasteiger partial charge on any atom is 0.319 e. The first-order valence-corrected chi connectivity index (χ1v) is 7.65. The summed E-state index contributed by atoms with van der Waals surface area (Å²) < 4.78 is 12.9. The Hall–Kier alpha value is -2.02. The van der Waals surface area contributed by atoms with E-state index in [4.69, 9.17) is 0 Å². The fraction of sp³-hybridized carbons (Fsp3) is 0.357. The molecular weight excluding hydrogens is 291 g/mol. The molecule has 0 aromatic carbocycles. The van der Waals surface area contributed by atoms with Gasteiger partial charge in [-0.2, -0.15) is 0 Å². The number of amides is 2. The summed E-state index contributed by atoms with van der Waals surface area (Å²) in [5.74, 6) is -0.481. The van der Waals surface area contributed by atoms with Crippen molar-refractivity contribution in [2.24, 2.45) is 0 Å². The minimum absolute atomic E-state index is 0.334. The number of fused-ring (bicyclic) bond motifs is 1. The minimum atomic E-state index is -0.481. The van der Waals surface area contributed by atoms with Crippen LogP contribution in [-0.2, 0) is 19.3 Å². The molecule has 0 radical (unpaired) electrons. The Morgan fingerprint density at radius 2 is 2.29 bits per heavy atom. The van der Waals surface area contributed by atoms with Gasteiger partial charge in [0.15, 0.2) is 0 Å². The van der Waals surface area contributed by atoms with Crippen LogP contribution < -0.4 is 10.6 Å². The van der Waals surface area contributed by atoms with Crippen molar-refractivity contribution in [2.45, 2.75) is 25.7 Å². The average Bonchev–Trinajstić information content (AvgIpc) is 2.99. The summed E-state index contributed by atoms with van der Waals surface area (Å²) in [7, 11) is 0. The molecule has 21 heavy (non-hydrogen) atoms.